The molecule has 0 amide bonds. The summed E-state index contributed by atoms with van der Waals surface area (Å²) in [6.45, 7) is 33.8. The van der Waals surface area contributed by atoms with Crippen molar-refractivity contribution >= 4 is 79.7 Å². The van der Waals surface area contributed by atoms with E-state index in [1.807, 2.05) is 35.6 Å². The summed E-state index contributed by atoms with van der Waals surface area (Å²) in [6, 6.07) is 21.2. The summed E-state index contributed by atoms with van der Waals surface area (Å²) in [5, 5.41) is 71.6. The van der Waals surface area contributed by atoms with Gasteiger partial charge in [-0.15, -0.1) is 22.7 Å². The molecule has 2 aromatic carbocycles. The minimum Gasteiger partial charge on any atom is -0.481 e. The fourth-order valence-corrected chi connectivity index (χ4v) is 18.2. The molecule has 10 atom stereocenters. The van der Waals surface area contributed by atoms with Crippen LogP contribution in [0.4, 0.5) is 0 Å². The normalized spacial score (nSPS) is 22.4. The lowest BCUT2D eigenvalue weighted by molar-refractivity contribution is -0.151. The van der Waals surface area contributed by atoms with Gasteiger partial charge in [0, 0.05) is 32.0 Å². The van der Waals surface area contributed by atoms with E-state index in [0.717, 1.165) is 80.9 Å². The predicted molar refractivity (Wildman–Crippen MR) is 365 cm³/mol. The van der Waals surface area contributed by atoms with E-state index >= 15 is 0 Å². The first kappa shape index (κ1) is 75.3. The minimum atomic E-state index is -2.11. The second-order valence-corrected chi connectivity index (χ2v) is 46.9. The summed E-state index contributed by atoms with van der Waals surface area (Å²) in [4.78, 5) is 25.4. The number of carboxylic acids is 1. The van der Waals surface area contributed by atoms with Crippen LogP contribution in [0, 0.1) is 29.1 Å². The van der Waals surface area contributed by atoms with E-state index in [9.17, 15) is 40.2 Å². The number of hydrogen-bond donors (Lipinski definition) is 7. The molecule has 494 valence electrons. The zero-order valence-electron chi connectivity index (χ0n) is 56.0. The highest BCUT2D eigenvalue weighted by atomic mass is 32.1. The van der Waals surface area contributed by atoms with Crippen molar-refractivity contribution in [2.45, 2.75) is 269 Å². The molecule has 18 heteroatoms. The number of fused-ring (bicyclic) bond motifs is 2. The van der Waals surface area contributed by atoms with Crippen LogP contribution in [0.1, 0.15) is 200 Å². The Morgan fingerprint density at radius 3 is 1.46 bits per heavy atom. The third-order valence-corrected chi connectivity index (χ3v) is 36.6. The summed E-state index contributed by atoms with van der Waals surface area (Å²) in [7, 11) is -6.31. The molecular weight excluding hydrogens is 1190 g/mol. The lowest BCUT2D eigenvalue weighted by atomic mass is 9.84. The predicted octanol–water partition coefficient (Wildman–Crippen LogP) is 16.5. The Morgan fingerprint density at radius 1 is 0.552 bits per heavy atom. The Hall–Kier alpha value is -2.41. The van der Waals surface area contributed by atoms with Crippen molar-refractivity contribution in [3.8, 4) is 0 Å². The Bertz CT molecular complexity index is 2630. The average molecular weight is 1300 g/mol. The zero-order valence-corrected chi connectivity index (χ0v) is 60.6. The van der Waals surface area contributed by atoms with Gasteiger partial charge < -0.3 is 53.8 Å². The maximum atomic E-state index is 12.5. The van der Waals surface area contributed by atoms with E-state index in [1.54, 1.807) is 11.3 Å². The quantitative estimate of drug-likeness (QED) is 0.0135. The standard InChI is InChI=1S/C46H84O8SSi3.C23H32O5S/c1-43(2,3)56(10,11)52-37(41-28-34-22-20-21-24-40(34)55-41)27-26-36-35(23-18-16-17-19-25-42(50)51-33-46(30-47,31-48)32-49)38(53-57(12,13)44(4,5)6)29-39(36)54-58(14,15)45(7,8)9;24-18(22-13-15-7-5-6-9-21(15)29-22)12-11-17-16(19(25)14-20(17)26)8-3-1-2-4-10-23(27)28/h20-22,24,28,35-39,47-49H,16-19,23,25-27,29-33H2,1-15H3;5-7,9,13,16-20,24-26H,1-4,8,10-12,14H2,(H,27,28)/t35-,36-,37-,38+,39+;16-,17-,18-,19+,20-/m11/s1. The third kappa shape index (κ3) is 21.6. The molecule has 2 heterocycles. The number of unbranched alkanes of at least 4 members (excludes halogenated alkanes) is 6. The first-order valence-electron chi connectivity index (χ1n) is 32.8. The molecule has 2 aliphatic rings. The van der Waals surface area contributed by atoms with Crippen LogP contribution in [-0.2, 0) is 27.6 Å². The minimum absolute atomic E-state index is 0.00745. The smallest absolute Gasteiger partial charge is 0.305 e. The highest BCUT2D eigenvalue weighted by Gasteiger charge is 2.52. The number of benzene rings is 2. The van der Waals surface area contributed by atoms with Crippen LogP contribution in [0.15, 0.2) is 60.7 Å². The van der Waals surface area contributed by atoms with Gasteiger partial charge in [-0.3, -0.25) is 9.59 Å². The van der Waals surface area contributed by atoms with Gasteiger partial charge in [0.1, 0.15) is 6.61 Å². The molecule has 6 rings (SSSR count). The van der Waals surface area contributed by atoms with E-state index in [1.165, 1.54) is 19.7 Å². The van der Waals surface area contributed by atoms with Gasteiger partial charge in [-0.25, -0.2) is 0 Å². The molecule has 2 fully saturated rings. The van der Waals surface area contributed by atoms with Crippen molar-refractivity contribution in [3.05, 3.63) is 70.4 Å². The number of esters is 1. The van der Waals surface area contributed by atoms with Crippen molar-refractivity contribution in [1.29, 1.82) is 0 Å². The van der Waals surface area contributed by atoms with Gasteiger partial charge in [0.25, 0.3) is 0 Å². The van der Waals surface area contributed by atoms with Gasteiger partial charge in [-0.2, -0.15) is 0 Å². The van der Waals surface area contributed by atoms with Gasteiger partial charge in [0.05, 0.1) is 61.9 Å². The molecule has 2 saturated carbocycles. The topological polar surface area (TPSA) is 213 Å². The third-order valence-electron chi connectivity index (χ3n) is 20.7. The number of aliphatic carboxylic acids is 1. The Labute approximate surface area is 534 Å². The molecule has 4 aromatic rings. The largest absolute Gasteiger partial charge is 0.481 e. The van der Waals surface area contributed by atoms with Crippen LogP contribution >= 0.6 is 22.7 Å². The Balaban J connectivity index is 0.000000395. The maximum Gasteiger partial charge on any atom is 0.305 e. The van der Waals surface area contributed by atoms with Crippen molar-refractivity contribution in [2.24, 2.45) is 29.1 Å². The molecule has 0 bridgehead atoms. The number of carboxylic acid groups (broad SMARTS) is 1. The van der Waals surface area contributed by atoms with Gasteiger partial charge >= 0.3 is 11.9 Å². The van der Waals surface area contributed by atoms with Crippen molar-refractivity contribution in [3.63, 3.8) is 0 Å². The summed E-state index contributed by atoms with van der Waals surface area (Å²) >= 11 is 3.49. The fraction of sp³-hybridized carbons (Fsp3) is 0.739. The number of rotatable bonds is 33. The van der Waals surface area contributed by atoms with Crippen LogP contribution in [0.5, 0.6) is 0 Å². The van der Waals surface area contributed by atoms with Gasteiger partial charge in [0.15, 0.2) is 25.0 Å². The Kier molecular flexibility index (Phi) is 28.5. The van der Waals surface area contributed by atoms with Crippen molar-refractivity contribution in [1.82, 2.24) is 0 Å². The number of carbonyl (C=O) groups is 2. The van der Waals surface area contributed by atoms with E-state index in [0.29, 0.717) is 43.9 Å². The average Bonchev–Trinajstić information content (AvgIpc) is 2.57. The number of aliphatic hydroxyl groups excluding tert-OH is 6. The van der Waals surface area contributed by atoms with Crippen LogP contribution in [0.2, 0.25) is 54.4 Å². The molecule has 0 unspecified atom stereocenters. The molecule has 0 saturated heterocycles. The highest BCUT2D eigenvalue weighted by molar-refractivity contribution is 7.19. The molecule has 7 N–H and O–H groups in total. The SMILES string of the molecule is CC(C)(C)[Si](C)(C)O[C@H]1C[C@H](O[Si](C)(C)C(C)(C)C)[C@H](CC[C@@H](O[Si](C)(C)C(C)(C)C)c2cc3ccccc3s2)[C@H]1CCCCCCC(=O)OCC(CO)(CO)CO.O=C(O)CCCCCC[C@@H]1[C@@H](CC[C@@H](O)c2cc3ccccc3s2)[C@H](O)C[C@@H]1O. The van der Waals surface area contributed by atoms with Gasteiger partial charge in [-0.05, 0) is 177 Å². The van der Waals surface area contributed by atoms with Crippen LogP contribution in [0.3, 0.4) is 0 Å². The molecule has 13 nitrogen and oxygen atoms in total. The second kappa shape index (κ2) is 32.9. The van der Waals surface area contributed by atoms with E-state index in [2.05, 4.69) is 138 Å². The number of ether oxygens (including phenoxy) is 1. The number of carbonyl (C=O) groups excluding carboxylic acids is 1. The monoisotopic (exact) mass is 1300 g/mol. The number of aliphatic hydroxyl groups is 6. The molecule has 2 aromatic heterocycles. The molecular formula is C69H116O13S2Si3. The fourth-order valence-electron chi connectivity index (χ4n) is 11.9. The number of thiophene rings is 2. The van der Waals surface area contributed by atoms with Crippen molar-refractivity contribution in [2.75, 3.05) is 26.4 Å². The summed E-state index contributed by atoms with van der Waals surface area (Å²) in [5.41, 5.74) is -1.21. The van der Waals surface area contributed by atoms with Crippen molar-refractivity contribution < 1.29 is 63.3 Å². The second-order valence-electron chi connectivity index (χ2n) is 30.4. The molecule has 0 aliphatic heterocycles. The lowest BCUT2D eigenvalue weighted by Gasteiger charge is -2.41. The van der Waals surface area contributed by atoms with Crippen LogP contribution < -0.4 is 0 Å². The molecule has 87 heavy (non-hydrogen) atoms. The molecule has 2 aliphatic carbocycles. The summed E-state index contributed by atoms with van der Waals surface area (Å²) in [5.74, 6) is -0.363. The lowest BCUT2D eigenvalue weighted by Crippen LogP contribution is -2.45. The van der Waals surface area contributed by atoms with Gasteiger partial charge in [0.2, 0.25) is 0 Å². The highest BCUT2D eigenvalue weighted by Crippen LogP contribution is 2.51. The molecule has 0 spiro atoms. The molecule has 0 radical (unpaired) electrons. The Morgan fingerprint density at radius 2 is 0.977 bits per heavy atom. The van der Waals surface area contributed by atoms with E-state index in [-0.39, 0.29) is 70.7 Å². The van der Waals surface area contributed by atoms with Gasteiger partial charge in [-0.1, -0.05) is 137 Å². The zero-order chi connectivity index (χ0) is 64.8. The van der Waals surface area contributed by atoms with E-state index < -0.39 is 74.5 Å². The van der Waals surface area contributed by atoms with Crippen LogP contribution in [0.25, 0.3) is 20.2 Å². The van der Waals surface area contributed by atoms with E-state index in [4.69, 9.17) is 23.1 Å². The number of hydrogen-bond acceptors (Lipinski definition) is 14. The first-order chi connectivity index (χ1) is 40.6. The van der Waals surface area contributed by atoms with Crippen LogP contribution in [-0.4, -0.2) is 123 Å². The first-order valence-corrected chi connectivity index (χ1v) is 43.2. The summed E-state index contributed by atoms with van der Waals surface area (Å²) < 4.78 is 30.1. The summed E-state index contributed by atoms with van der Waals surface area (Å²) in [6.07, 6.45) is 12.8. The maximum absolute atomic E-state index is 12.5.